The average Bonchev–Trinajstić information content (AvgIpc) is 2.20. The van der Waals surface area contributed by atoms with E-state index in [0.717, 1.165) is 18.8 Å². The molecule has 0 heterocycles. The standard InChI is InChI=1S/C13H23NO/c1-5-10-14-13(15)12(4)9-7-6-8-11(2)3/h1,11-12H,6-10H2,2-4H3,(H,14,15)/t12-/m0/s1. The Morgan fingerprint density at radius 1 is 1.27 bits per heavy atom. The van der Waals surface area contributed by atoms with E-state index in [9.17, 15) is 4.79 Å². The molecule has 0 aliphatic heterocycles. The van der Waals surface area contributed by atoms with Crippen molar-refractivity contribution in [2.45, 2.75) is 46.5 Å². The molecule has 0 spiro atoms. The van der Waals surface area contributed by atoms with Gasteiger partial charge in [-0.25, -0.2) is 0 Å². The highest BCUT2D eigenvalue weighted by Gasteiger charge is 2.10. The van der Waals surface area contributed by atoms with Gasteiger partial charge in [-0.05, 0) is 12.3 Å². The van der Waals surface area contributed by atoms with Crippen LogP contribution in [0.15, 0.2) is 0 Å². The zero-order chi connectivity index (χ0) is 11.7. The third-order valence-corrected chi connectivity index (χ3v) is 2.48. The van der Waals surface area contributed by atoms with Gasteiger partial charge in [-0.1, -0.05) is 46.0 Å². The molecule has 1 N–H and O–H groups in total. The van der Waals surface area contributed by atoms with Crippen molar-refractivity contribution in [2.24, 2.45) is 11.8 Å². The molecule has 0 aliphatic rings. The van der Waals surface area contributed by atoms with Crippen molar-refractivity contribution in [3.05, 3.63) is 0 Å². The number of hydrogen-bond acceptors (Lipinski definition) is 1. The highest BCUT2D eigenvalue weighted by molar-refractivity contribution is 5.78. The Kier molecular flexibility index (Phi) is 7.81. The number of terminal acetylenes is 1. The molecule has 0 saturated heterocycles. The summed E-state index contributed by atoms with van der Waals surface area (Å²) in [6.45, 7) is 6.75. The number of carbonyl (C=O) groups excluding carboxylic acids is 1. The third-order valence-electron chi connectivity index (χ3n) is 2.48. The Labute approximate surface area is 93.8 Å². The van der Waals surface area contributed by atoms with E-state index in [-0.39, 0.29) is 11.8 Å². The predicted octanol–water partition coefficient (Wildman–Crippen LogP) is 2.59. The van der Waals surface area contributed by atoms with Crippen LogP contribution in [0.1, 0.15) is 46.5 Å². The second-order valence-electron chi connectivity index (χ2n) is 4.50. The molecule has 0 saturated carbocycles. The summed E-state index contributed by atoms with van der Waals surface area (Å²) in [4.78, 5) is 11.4. The number of hydrogen-bond donors (Lipinski definition) is 1. The minimum atomic E-state index is 0.0810. The second-order valence-corrected chi connectivity index (χ2v) is 4.50. The molecule has 86 valence electrons. The third kappa shape index (κ3) is 8.05. The van der Waals surface area contributed by atoms with Gasteiger partial charge in [0.15, 0.2) is 0 Å². The van der Waals surface area contributed by atoms with Crippen molar-refractivity contribution in [3.63, 3.8) is 0 Å². The first-order chi connectivity index (χ1) is 7.07. The maximum atomic E-state index is 11.4. The van der Waals surface area contributed by atoms with Crippen LogP contribution >= 0.6 is 0 Å². The van der Waals surface area contributed by atoms with Gasteiger partial charge in [0.1, 0.15) is 0 Å². The summed E-state index contributed by atoms with van der Waals surface area (Å²) in [5, 5.41) is 2.71. The van der Waals surface area contributed by atoms with Gasteiger partial charge in [-0.3, -0.25) is 4.79 Å². The SMILES string of the molecule is C#CCNC(=O)[C@@H](C)CCCCC(C)C. The van der Waals surface area contributed by atoms with E-state index >= 15 is 0 Å². The Morgan fingerprint density at radius 3 is 2.40 bits per heavy atom. The van der Waals surface area contributed by atoms with Crippen LogP contribution in [0, 0.1) is 24.2 Å². The number of carbonyl (C=O) groups is 1. The van der Waals surface area contributed by atoms with E-state index in [1.807, 2.05) is 6.92 Å². The molecule has 0 aromatic heterocycles. The average molecular weight is 209 g/mol. The summed E-state index contributed by atoms with van der Waals surface area (Å²) in [5.74, 6) is 3.33. The molecule has 0 aromatic rings. The number of unbranched alkanes of at least 4 members (excludes halogenated alkanes) is 1. The van der Waals surface area contributed by atoms with E-state index in [2.05, 4.69) is 25.1 Å². The summed E-state index contributed by atoms with van der Waals surface area (Å²) in [5.41, 5.74) is 0. The maximum absolute atomic E-state index is 11.4. The summed E-state index contributed by atoms with van der Waals surface area (Å²) in [6, 6.07) is 0. The molecule has 2 nitrogen and oxygen atoms in total. The minimum Gasteiger partial charge on any atom is -0.345 e. The molecule has 15 heavy (non-hydrogen) atoms. The fourth-order valence-corrected chi connectivity index (χ4v) is 1.45. The summed E-state index contributed by atoms with van der Waals surface area (Å²) in [7, 11) is 0. The van der Waals surface area contributed by atoms with E-state index in [4.69, 9.17) is 6.42 Å². The van der Waals surface area contributed by atoms with Crippen LogP contribution in [0.2, 0.25) is 0 Å². The topological polar surface area (TPSA) is 29.1 Å². The van der Waals surface area contributed by atoms with Gasteiger partial charge in [-0.2, -0.15) is 0 Å². The van der Waals surface area contributed by atoms with Crippen LogP contribution in [-0.4, -0.2) is 12.5 Å². The van der Waals surface area contributed by atoms with Crippen molar-refractivity contribution < 1.29 is 4.79 Å². The molecule has 0 rings (SSSR count). The lowest BCUT2D eigenvalue weighted by atomic mass is 9.99. The summed E-state index contributed by atoms with van der Waals surface area (Å²) in [6.07, 6.45) is 9.62. The Morgan fingerprint density at radius 2 is 1.87 bits per heavy atom. The molecule has 0 unspecified atom stereocenters. The molecule has 2 heteroatoms. The zero-order valence-electron chi connectivity index (χ0n) is 10.2. The lowest BCUT2D eigenvalue weighted by molar-refractivity contribution is -0.124. The molecule has 1 atom stereocenters. The Bertz CT molecular complexity index is 215. The number of nitrogens with one attached hydrogen (secondary N) is 1. The van der Waals surface area contributed by atoms with Crippen molar-refractivity contribution in [1.82, 2.24) is 5.32 Å². The first-order valence-electron chi connectivity index (χ1n) is 5.79. The minimum absolute atomic E-state index is 0.0810. The first-order valence-corrected chi connectivity index (χ1v) is 5.79. The van der Waals surface area contributed by atoms with Gasteiger partial charge in [0, 0.05) is 5.92 Å². The van der Waals surface area contributed by atoms with Crippen molar-refractivity contribution in [2.75, 3.05) is 6.54 Å². The smallest absolute Gasteiger partial charge is 0.223 e. The molecule has 0 aromatic carbocycles. The maximum Gasteiger partial charge on any atom is 0.223 e. The van der Waals surface area contributed by atoms with Crippen LogP contribution < -0.4 is 5.32 Å². The van der Waals surface area contributed by atoms with Gasteiger partial charge < -0.3 is 5.32 Å². The summed E-state index contributed by atoms with van der Waals surface area (Å²) >= 11 is 0. The highest BCUT2D eigenvalue weighted by Crippen LogP contribution is 2.12. The molecular weight excluding hydrogens is 186 g/mol. The van der Waals surface area contributed by atoms with Gasteiger partial charge >= 0.3 is 0 Å². The fourth-order valence-electron chi connectivity index (χ4n) is 1.45. The lowest BCUT2D eigenvalue weighted by Gasteiger charge is -2.11. The first kappa shape index (κ1) is 14.0. The molecule has 0 fully saturated rings. The number of amides is 1. The summed E-state index contributed by atoms with van der Waals surface area (Å²) < 4.78 is 0. The Balaban J connectivity index is 3.52. The largest absolute Gasteiger partial charge is 0.345 e. The predicted molar refractivity (Wildman–Crippen MR) is 64.3 cm³/mol. The number of rotatable bonds is 7. The zero-order valence-corrected chi connectivity index (χ0v) is 10.2. The normalized spacial score (nSPS) is 12.2. The fraction of sp³-hybridized carbons (Fsp3) is 0.769. The van der Waals surface area contributed by atoms with Crippen molar-refractivity contribution in [1.29, 1.82) is 0 Å². The quantitative estimate of drug-likeness (QED) is 0.507. The second kappa shape index (κ2) is 8.35. The van der Waals surface area contributed by atoms with Gasteiger partial charge in [0.05, 0.1) is 6.54 Å². The van der Waals surface area contributed by atoms with E-state index in [0.29, 0.717) is 6.54 Å². The van der Waals surface area contributed by atoms with Gasteiger partial charge in [0.25, 0.3) is 0 Å². The lowest BCUT2D eigenvalue weighted by Crippen LogP contribution is -2.29. The van der Waals surface area contributed by atoms with E-state index in [1.54, 1.807) is 0 Å². The van der Waals surface area contributed by atoms with Crippen molar-refractivity contribution >= 4 is 5.91 Å². The van der Waals surface area contributed by atoms with E-state index in [1.165, 1.54) is 12.8 Å². The van der Waals surface area contributed by atoms with Crippen LogP contribution in [0.3, 0.4) is 0 Å². The van der Waals surface area contributed by atoms with Crippen LogP contribution in [0.25, 0.3) is 0 Å². The molecular formula is C13H23NO. The van der Waals surface area contributed by atoms with Crippen LogP contribution in [-0.2, 0) is 4.79 Å². The van der Waals surface area contributed by atoms with E-state index < -0.39 is 0 Å². The molecule has 0 bridgehead atoms. The van der Waals surface area contributed by atoms with Crippen molar-refractivity contribution in [3.8, 4) is 12.3 Å². The molecule has 1 amide bonds. The Hall–Kier alpha value is -0.970. The molecule has 0 radical (unpaired) electrons. The monoisotopic (exact) mass is 209 g/mol. The van der Waals surface area contributed by atoms with Crippen LogP contribution in [0.4, 0.5) is 0 Å². The van der Waals surface area contributed by atoms with Gasteiger partial charge in [-0.15, -0.1) is 6.42 Å². The van der Waals surface area contributed by atoms with Crippen LogP contribution in [0.5, 0.6) is 0 Å². The highest BCUT2D eigenvalue weighted by atomic mass is 16.1. The molecule has 0 aliphatic carbocycles. The van der Waals surface area contributed by atoms with Gasteiger partial charge in [0.2, 0.25) is 5.91 Å².